The summed E-state index contributed by atoms with van der Waals surface area (Å²) in [5, 5.41) is 0. The van der Waals surface area contributed by atoms with Gasteiger partial charge >= 0.3 is 11.8 Å². The van der Waals surface area contributed by atoms with E-state index in [1.54, 1.807) is 7.05 Å². The molecular weight excluding hydrogens is 228 g/mol. The Bertz CT molecular complexity index is 487. The van der Waals surface area contributed by atoms with Crippen LogP contribution < -0.4 is 10.6 Å². The standard InChI is InChI=1S/C14H20N2O2/c1-9-8-10(14(2,3)4)6-7-11(9)16(5)13(18)12(15)17/h6-8H,1-5H3,(H2,15,17). The Morgan fingerprint density at radius 1 is 1.22 bits per heavy atom. The lowest BCUT2D eigenvalue weighted by atomic mass is 9.86. The van der Waals surface area contributed by atoms with Gasteiger partial charge in [-0.05, 0) is 29.5 Å². The molecule has 1 rings (SSSR count). The molecule has 0 radical (unpaired) electrons. The summed E-state index contributed by atoms with van der Waals surface area (Å²) in [4.78, 5) is 23.7. The number of carbonyl (C=O) groups excluding carboxylic acids is 2. The van der Waals surface area contributed by atoms with E-state index in [-0.39, 0.29) is 5.41 Å². The van der Waals surface area contributed by atoms with E-state index in [1.807, 2.05) is 25.1 Å². The third-order valence-corrected chi connectivity index (χ3v) is 2.94. The number of hydrogen-bond donors (Lipinski definition) is 1. The predicted molar refractivity (Wildman–Crippen MR) is 72.5 cm³/mol. The minimum Gasteiger partial charge on any atom is -0.361 e. The zero-order valence-electron chi connectivity index (χ0n) is 11.6. The first-order valence-electron chi connectivity index (χ1n) is 5.83. The highest BCUT2D eigenvalue weighted by Crippen LogP contribution is 2.27. The van der Waals surface area contributed by atoms with Gasteiger partial charge in [-0.1, -0.05) is 32.9 Å². The maximum atomic E-state index is 11.5. The van der Waals surface area contributed by atoms with Gasteiger partial charge in [-0.3, -0.25) is 9.59 Å². The van der Waals surface area contributed by atoms with Crippen molar-refractivity contribution in [2.45, 2.75) is 33.1 Å². The summed E-state index contributed by atoms with van der Waals surface area (Å²) < 4.78 is 0. The molecule has 18 heavy (non-hydrogen) atoms. The Morgan fingerprint density at radius 2 is 1.78 bits per heavy atom. The fraction of sp³-hybridized carbons (Fsp3) is 0.429. The van der Waals surface area contributed by atoms with E-state index < -0.39 is 11.8 Å². The number of anilines is 1. The first kappa shape index (κ1) is 14.2. The molecular formula is C14H20N2O2. The molecule has 0 aliphatic rings. The van der Waals surface area contributed by atoms with Gasteiger partial charge < -0.3 is 10.6 Å². The monoisotopic (exact) mass is 248 g/mol. The summed E-state index contributed by atoms with van der Waals surface area (Å²) in [6.45, 7) is 8.29. The molecule has 0 aliphatic carbocycles. The Balaban J connectivity index is 3.14. The maximum Gasteiger partial charge on any atom is 0.315 e. The molecule has 0 unspecified atom stereocenters. The van der Waals surface area contributed by atoms with Crippen LogP contribution in [-0.2, 0) is 15.0 Å². The quantitative estimate of drug-likeness (QED) is 0.769. The summed E-state index contributed by atoms with van der Waals surface area (Å²) >= 11 is 0. The largest absolute Gasteiger partial charge is 0.361 e. The molecule has 2 N–H and O–H groups in total. The second-order valence-corrected chi connectivity index (χ2v) is 5.48. The predicted octanol–water partition coefficient (Wildman–Crippen LogP) is 1.74. The number of rotatable bonds is 1. The van der Waals surface area contributed by atoms with Gasteiger partial charge in [0.25, 0.3) is 0 Å². The number of nitrogens with two attached hydrogens (primary N) is 1. The lowest BCUT2D eigenvalue weighted by molar-refractivity contribution is -0.135. The molecule has 0 atom stereocenters. The maximum absolute atomic E-state index is 11.5. The smallest absolute Gasteiger partial charge is 0.315 e. The summed E-state index contributed by atoms with van der Waals surface area (Å²) in [6.07, 6.45) is 0. The topological polar surface area (TPSA) is 63.4 Å². The molecule has 0 aliphatic heterocycles. The van der Waals surface area contributed by atoms with E-state index in [9.17, 15) is 9.59 Å². The van der Waals surface area contributed by atoms with Crippen molar-refractivity contribution in [3.8, 4) is 0 Å². The van der Waals surface area contributed by atoms with Gasteiger partial charge in [-0.15, -0.1) is 0 Å². The minimum absolute atomic E-state index is 0.0511. The molecule has 0 aromatic heterocycles. The fourth-order valence-electron chi connectivity index (χ4n) is 1.77. The van der Waals surface area contributed by atoms with Crippen LogP contribution in [0.25, 0.3) is 0 Å². The molecule has 0 spiro atoms. The molecule has 2 amide bonds. The van der Waals surface area contributed by atoms with Crippen LogP contribution in [0.3, 0.4) is 0 Å². The molecule has 0 heterocycles. The van der Waals surface area contributed by atoms with Crippen LogP contribution >= 0.6 is 0 Å². The first-order chi connectivity index (χ1) is 8.14. The van der Waals surface area contributed by atoms with Crippen molar-refractivity contribution < 1.29 is 9.59 Å². The van der Waals surface area contributed by atoms with Crippen LogP contribution in [0.1, 0.15) is 31.9 Å². The van der Waals surface area contributed by atoms with Crippen LogP contribution in [-0.4, -0.2) is 18.9 Å². The summed E-state index contributed by atoms with van der Waals surface area (Å²) in [6, 6.07) is 5.84. The van der Waals surface area contributed by atoms with E-state index >= 15 is 0 Å². The number of hydrogen-bond acceptors (Lipinski definition) is 2. The molecule has 0 fully saturated rings. The Morgan fingerprint density at radius 3 is 2.17 bits per heavy atom. The third-order valence-electron chi connectivity index (χ3n) is 2.94. The fourth-order valence-corrected chi connectivity index (χ4v) is 1.77. The number of likely N-dealkylation sites (N-methyl/N-ethyl adjacent to an activating group) is 1. The Hall–Kier alpha value is -1.84. The number of carbonyl (C=O) groups is 2. The van der Waals surface area contributed by atoms with Crippen LogP contribution in [0.15, 0.2) is 18.2 Å². The molecule has 0 bridgehead atoms. The van der Waals surface area contributed by atoms with Gasteiger partial charge in [0.2, 0.25) is 0 Å². The van der Waals surface area contributed by atoms with Crippen LogP contribution in [0.4, 0.5) is 5.69 Å². The van der Waals surface area contributed by atoms with E-state index in [0.717, 1.165) is 5.56 Å². The average molecular weight is 248 g/mol. The van der Waals surface area contributed by atoms with Gasteiger partial charge in [-0.25, -0.2) is 0 Å². The normalized spacial score (nSPS) is 11.2. The lowest BCUT2D eigenvalue weighted by Crippen LogP contribution is -2.38. The van der Waals surface area contributed by atoms with E-state index in [4.69, 9.17) is 5.73 Å². The number of primary amides is 1. The van der Waals surface area contributed by atoms with E-state index in [2.05, 4.69) is 20.8 Å². The van der Waals surface area contributed by atoms with Crippen molar-refractivity contribution >= 4 is 17.5 Å². The van der Waals surface area contributed by atoms with E-state index in [1.165, 1.54) is 10.5 Å². The van der Waals surface area contributed by atoms with Crippen molar-refractivity contribution in [1.82, 2.24) is 0 Å². The van der Waals surface area contributed by atoms with Crippen molar-refractivity contribution in [1.29, 1.82) is 0 Å². The molecule has 4 nitrogen and oxygen atoms in total. The molecule has 1 aromatic rings. The number of benzene rings is 1. The second kappa shape index (κ2) is 4.80. The van der Waals surface area contributed by atoms with Crippen molar-refractivity contribution in [3.63, 3.8) is 0 Å². The molecule has 4 heteroatoms. The van der Waals surface area contributed by atoms with Crippen LogP contribution in [0.5, 0.6) is 0 Å². The molecule has 0 saturated heterocycles. The number of aryl methyl sites for hydroxylation is 1. The zero-order valence-corrected chi connectivity index (χ0v) is 11.6. The Labute approximate surface area is 108 Å². The highest BCUT2D eigenvalue weighted by atomic mass is 16.2. The van der Waals surface area contributed by atoms with Gasteiger partial charge in [0, 0.05) is 12.7 Å². The average Bonchev–Trinajstić information content (AvgIpc) is 2.25. The third kappa shape index (κ3) is 2.88. The van der Waals surface area contributed by atoms with Gasteiger partial charge in [0.1, 0.15) is 0 Å². The summed E-state index contributed by atoms with van der Waals surface area (Å²) in [5.74, 6) is -1.65. The highest BCUT2D eigenvalue weighted by Gasteiger charge is 2.20. The van der Waals surface area contributed by atoms with Gasteiger partial charge in [0.05, 0.1) is 0 Å². The molecule has 98 valence electrons. The zero-order chi connectivity index (χ0) is 14.1. The first-order valence-corrected chi connectivity index (χ1v) is 5.83. The summed E-state index contributed by atoms with van der Waals surface area (Å²) in [7, 11) is 1.55. The van der Waals surface area contributed by atoms with Crippen molar-refractivity contribution in [3.05, 3.63) is 29.3 Å². The number of nitrogens with zero attached hydrogens (tertiary/aromatic N) is 1. The summed E-state index contributed by atoms with van der Waals surface area (Å²) in [5.41, 5.74) is 7.87. The minimum atomic E-state index is -0.947. The SMILES string of the molecule is Cc1cc(C(C)(C)C)ccc1N(C)C(=O)C(N)=O. The highest BCUT2D eigenvalue weighted by molar-refractivity contribution is 6.39. The van der Waals surface area contributed by atoms with Crippen molar-refractivity contribution in [2.75, 3.05) is 11.9 Å². The van der Waals surface area contributed by atoms with Crippen LogP contribution in [0, 0.1) is 6.92 Å². The second-order valence-electron chi connectivity index (χ2n) is 5.48. The molecule has 0 saturated carbocycles. The Kier molecular flexibility index (Phi) is 3.79. The number of amides is 2. The van der Waals surface area contributed by atoms with Gasteiger partial charge in [0.15, 0.2) is 0 Å². The van der Waals surface area contributed by atoms with Gasteiger partial charge in [-0.2, -0.15) is 0 Å². The van der Waals surface area contributed by atoms with E-state index in [0.29, 0.717) is 5.69 Å². The van der Waals surface area contributed by atoms with Crippen molar-refractivity contribution in [2.24, 2.45) is 5.73 Å². The lowest BCUT2D eigenvalue weighted by Gasteiger charge is -2.23. The molecule has 1 aromatic carbocycles. The van der Waals surface area contributed by atoms with Crippen LogP contribution in [0.2, 0.25) is 0 Å².